The smallest absolute Gasteiger partial charge is 0.809 e. The number of nitrogens with one attached hydrogen (secondary N) is 1. The number of unbranched alkanes of at least 4 members (excludes halogenated alkanes) is 2. The average molecular weight is 397 g/mol. The van der Waals surface area contributed by atoms with Crippen molar-refractivity contribution in [1.29, 1.82) is 0 Å². The second-order valence-corrected chi connectivity index (χ2v) is 8.38. The molecule has 0 bridgehead atoms. The van der Waals surface area contributed by atoms with Crippen molar-refractivity contribution in [2.45, 2.75) is 24.8 Å². The molecule has 0 saturated heterocycles. The minimum atomic E-state index is -5.40. The topological polar surface area (TPSA) is 142 Å². The van der Waals surface area contributed by atoms with Gasteiger partial charge in [-0.15, -0.1) is 0 Å². The van der Waals surface area contributed by atoms with E-state index < -0.39 is 20.7 Å². The third-order valence-electron chi connectivity index (χ3n) is 2.78. The Morgan fingerprint density at radius 1 is 1.04 bits per heavy atom. The van der Waals surface area contributed by atoms with Gasteiger partial charge in [-0.25, -0.2) is 0 Å². The summed E-state index contributed by atoms with van der Waals surface area (Å²) in [4.78, 5) is 39.3. The van der Waals surface area contributed by atoms with Gasteiger partial charge in [0.25, 0.3) is 0 Å². The van der Waals surface area contributed by atoms with Crippen LogP contribution in [0.1, 0.15) is 19.3 Å². The Bertz CT molecular complexity index is 515. The van der Waals surface area contributed by atoms with E-state index in [2.05, 4.69) is 5.32 Å². The molecule has 12 heteroatoms. The maximum atomic E-state index is 10.9. The average Bonchev–Trinajstić information content (AvgIpc) is 2.40. The van der Waals surface area contributed by atoms with Gasteiger partial charge in [-0.2, -0.15) is 0 Å². The molecule has 1 rings (SSSR count). The molecule has 0 aliphatic rings. The number of hydrogen-bond acceptors (Lipinski definition) is 6. The Balaban J connectivity index is 0. The van der Waals surface area contributed by atoms with Gasteiger partial charge in [0, 0.05) is 0 Å². The van der Waals surface area contributed by atoms with Crippen LogP contribution < -0.4 is 79.0 Å². The predicted molar refractivity (Wildman–Crippen MR) is 77.2 cm³/mol. The summed E-state index contributed by atoms with van der Waals surface area (Å²) in [6.45, 7) is 0.503. The van der Waals surface area contributed by atoms with Gasteiger partial charge in [0.05, 0.1) is 6.61 Å². The molecule has 0 aliphatic carbocycles. The van der Waals surface area contributed by atoms with Crippen LogP contribution in [0.3, 0.4) is 0 Å². The van der Waals surface area contributed by atoms with Gasteiger partial charge in [-0.1, -0.05) is 18.2 Å². The molecule has 0 radical (unpaired) electrons. The van der Waals surface area contributed by atoms with Crippen molar-refractivity contribution < 1.29 is 92.6 Å². The largest absolute Gasteiger partial charge is 1.00 e. The first-order valence-electron chi connectivity index (χ1n) is 6.69. The van der Waals surface area contributed by atoms with Crippen molar-refractivity contribution in [3.8, 4) is 5.75 Å². The summed E-state index contributed by atoms with van der Waals surface area (Å²) in [6, 6.07) is 9.23. The zero-order chi connectivity index (χ0) is 16.6. The summed E-state index contributed by atoms with van der Waals surface area (Å²) >= 11 is 0. The van der Waals surface area contributed by atoms with Gasteiger partial charge in [0.2, 0.25) is 0 Å². The molecule has 8 nitrogen and oxygen atoms in total. The molecule has 0 aromatic heterocycles. The minimum Gasteiger partial charge on any atom is -0.809 e. The van der Waals surface area contributed by atoms with Gasteiger partial charge in [0.1, 0.15) is 11.3 Å². The van der Waals surface area contributed by atoms with E-state index in [1.807, 2.05) is 30.3 Å². The molecule has 24 heavy (non-hydrogen) atoms. The first kappa shape index (κ1) is 27.5. The molecule has 1 aromatic rings. The second-order valence-electron chi connectivity index (χ2n) is 4.68. The van der Waals surface area contributed by atoms with E-state index in [1.165, 1.54) is 0 Å². The van der Waals surface area contributed by atoms with E-state index in [9.17, 15) is 18.9 Å². The maximum absolute atomic E-state index is 10.9. The first-order chi connectivity index (χ1) is 10.2. The molecule has 3 N–H and O–H groups in total. The van der Waals surface area contributed by atoms with Crippen LogP contribution >= 0.6 is 15.2 Å². The number of benzene rings is 1. The summed E-state index contributed by atoms with van der Waals surface area (Å²) in [7, 11) is -10.4. The molecule has 0 aliphatic heterocycles. The van der Waals surface area contributed by atoms with E-state index >= 15 is 0 Å². The Kier molecular flexibility index (Phi) is 15.4. The fraction of sp³-hybridized carbons (Fsp3) is 0.500. The fourth-order valence-corrected chi connectivity index (χ4v) is 3.95. The fourth-order valence-electron chi connectivity index (χ4n) is 1.76. The van der Waals surface area contributed by atoms with Crippen LogP contribution in [0.15, 0.2) is 30.3 Å². The normalized spacial score (nSPS) is 12.7. The van der Waals surface area contributed by atoms with Crippen LogP contribution in [-0.4, -0.2) is 28.5 Å². The van der Waals surface area contributed by atoms with Crippen LogP contribution in [0.5, 0.6) is 5.75 Å². The van der Waals surface area contributed by atoms with Crippen molar-refractivity contribution in [3.63, 3.8) is 0 Å². The SMILES string of the molecule is O=P([O-])([O-])C(NCCCCCOc1ccccc1)P(=O)(O)O.[Na+].[Na+]. The van der Waals surface area contributed by atoms with Gasteiger partial charge < -0.3 is 28.9 Å². The van der Waals surface area contributed by atoms with E-state index in [4.69, 9.17) is 14.5 Å². The predicted octanol–water partition coefficient (Wildman–Crippen LogP) is -5.79. The maximum Gasteiger partial charge on any atom is 1.00 e. The summed E-state index contributed by atoms with van der Waals surface area (Å²) in [5.74, 6) is 0.751. The Hall–Kier alpha value is 1.28. The summed E-state index contributed by atoms with van der Waals surface area (Å²) in [6.07, 6.45) is 1.83. The number of para-hydroxylation sites is 1. The summed E-state index contributed by atoms with van der Waals surface area (Å²) in [5, 5.41) is 2.12. The molecule has 126 valence electrons. The van der Waals surface area contributed by atoms with Crippen molar-refractivity contribution in [2.75, 3.05) is 13.2 Å². The number of rotatable bonds is 10. The monoisotopic (exact) mass is 397 g/mol. The van der Waals surface area contributed by atoms with Gasteiger partial charge in [0.15, 0.2) is 0 Å². The molecule has 0 fully saturated rings. The minimum absolute atomic E-state index is 0. The Morgan fingerprint density at radius 3 is 2.12 bits per heavy atom. The van der Waals surface area contributed by atoms with Gasteiger partial charge >= 0.3 is 66.7 Å². The molecular weight excluding hydrogens is 378 g/mol. The van der Waals surface area contributed by atoms with Gasteiger partial charge in [-0.05, 0) is 45.5 Å². The first-order valence-corrected chi connectivity index (χ1v) is 9.99. The van der Waals surface area contributed by atoms with E-state index in [0.717, 1.165) is 5.75 Å². The van der Waals surface area contributed by atoms with Gasteiger partial charge in [-0.3, -0.25) is 9.88 Å². The molecule has 1 aromatic carbocycles. The molecule has 0 heterocycles. The molecule has 1 atom stereocenters. The zero-order valence-electron chi connectivity index (χ0n) is 13.8. The number of ether oxygens (including phenoxy) is 1. The summed E-state index contributed by atoms with van der Waals surface area (Å²) < 4.78 is 27.2. The van der Waals surface area contributed by atoms with Crippen molar-refractivity contribution in [2.24, 2.45) is 0 Å². The van der Waals surface area contributed by atoms with Crippen LogP contribution in [0.2, 0.25) is 0 Å². The number of hydrogen-bond donors (Lipinski definition) is 3. The van der Waals surface area contributed by atoms with E-state index in [1.54, 1.807) is 0 Å². The second kappa shape index (κ2) is 13.4. The third-order valence-corrected chi connectivity index (χ3v) is 6.13. The Morgan fingerprint density at radius 2 is 1.62 bits per heavy atom. The molecule has 0 amide bonds. The quantitative estimate of drug-likeness (QED) is 0.201. The van der Waals surface area contributed by atoms with E-state index in [-0.39, 0.29) is 65.7 Å². The van der Waals surface area contributed by atoms with E-state index in [0.29, 0.717) is 25.9 Å². The van der Waals surface area contributed by atoms with Crippen molar-refractivity contribution >= 4 is 15.2 Å². The molecule has 0 spiro atoms. The van der Waals surface area contributed by atoms with Crippen LogP contribution in [0.4, 0.5) is 0 Å². The molecule has 0 saturated carbocycles. The van der Waals surface area contributed by atoms with Crippen molar-refractivity contribution in [3.05, 3.63) is 30.3 Å². The molecule has 1 unspecified atom stereocenters. The zero-order valence-corrected chi connectivity index (χ0v) is 19.6. The van der Waals surface area contributed by atoms with Crippen LogP contribution in [-0.2, 0) is 9.13 Å². The standard InChI is InChI=1S/C12H21NO7P2.2Na/c14-21(15,16)12(22(17,18)19)13-9-5-2-6-10-20-11-7-3-1-4-8-11;;/h1,3-4,7-8,12-13H,2,5-6,9-10H2,(H2,14,15,16)(H2,17,18,19);;/q;2*+1/p-2. The summed E-state index contributed by atoms with van der Waals surface area (Å²) in [5.41, 5.74) is -2.36. The van der Waals surface area contributed by atoms with Crippen LogP contribution in [0.25, 0.3) is 0 Å². The Labute approximate surface area is 185 Å². The van der Waals surface area contributed by atoms with Crippen molar-refractivity contribution in [1.82, 2.24) is 5.32 Å². The van der Waals surface area contributed by atoms with Crippen LogP contribution in [0, 0.1) is 0 Å². The third kappa shape index (κ3) is 11.8. The molecular formula is C12H19NNa2O7P2.